The lowest BCUT2D eigenvalue weighted by atomic mass is 10.0. The number of carbonyl (C=O) groups excluding carboxylic acids is 2. The molecule has 0 aliphatic carbocycles. The minimum absolute atomic E-state index is 0.257. The van der Waals surface area contributed by atoms with Crippen LogP contribution in [-0.2, 0) is 0 Å². The number of rotatable bonds is 6. The lowest BCUT2D eigenvalue weighted by Crippen LogP contribution is -2.23. The first-order chi connectivity index (χ1) is 15.1. The molecule has 0 saturated heterocycles. The number of carbonyl (C=O) groups is 2. The van der Waals surface area contributed by atoms with Crippen LogP contribution in [0.2, 0.25) is 0 Å². The molecule has 0 aliphatic rings. The van der Waals surface area contributed by atoms with Gasteiger partial charge in [-0.3, -0.25) is 14.9 Å². The Hall–Kier alpha value is -3.92. The monoisotopic (exact) mass is 434 g/mol. The predicted octanol–water partition coefficient (Wildman–Crippen LogP) is 3.16. The van der Waals surface area contributed by atoms with Crippen molar-refractivity contribution in [3.8, 4) is 16.9 Å². The second-order valence-corrected chi connectivity index (χ2v) is 7.35. The molecule has 2 amide bonds. The van der Waals surface area contributed by atoms with Crippen molar-refractivity contribution in [2.45, 2.75) is 6.92 Å². The minimum Gasteiger partial charge on any atom is -0.496 e. The molecule has 2 N–H and O–H groups in total. The Bertz CT molecular complexity index is 1270. The van der Waals surface area contributed by atoms with Gasteiger partial charge in [-0.2, -0.15) is 10.2 Å². The molecule has 3 heterocycles. The fourth-order valence-corrected chi connectivity index (χ4v) is 3.83. The molecule has 0 unspecified atom stereocenters. The molecule has 0 fully saturated rings. The zero-order valence-corrected chi connectivity index (χ0v) is 17.6. The van der Waals surface area contributed by atoms with Crippen molar-refractivity contribution in [1.29, 1.82) is 0 Å². The molecule has 4 aromatic rings. The van der Waals surface area contributed by atoms with Crippen molar-refractivity contribution in [3.63, 3.8) is 0 Å². The van der Waals surface area contributed by atoms with Gasteiger partial charge in [0, 0.05) is 17.7 Å². The number of nitrogens with zero attached hydrogens (tertiary/aromatic N) is 4. The largest absolute Gasteiger partial charge is 0.496 e. The van der Waals surface area contributed by atoms with E-state index in [4.69, 9.17) is 4.74 Å². The van der Waals surface area contributed by atoms with Crippen molar-refractivity contribution in [2.24, 2.45) is 0 Å². The third-order valence-corrected chi connectivity index (χ3v) is 5.30. The molecular formula is C21H18N6O3S. The minimum atomic E-state index is -0.390. The first-order valence-corrected chi connectivity index (χ1v) is 10.2. The lowest BCUT2D eigenvalue weighted by molar-refractivity contribution is 0.0950. The van der Waals surface area contributed by atoms with Gasteiger partial charge in [0.05, 0.1) is 25.1 Å². The molecule has 4 rings (SSSR count). The number of hydrogen-bond acceptors (Lipinski definition) is 8. The molecule has 0 spiro atoms. The van der Waals surface area contributed by atoms with Crippen LogP contribution in [0.15, 0.2) is 48.8 Å². The quantitative estimate of drug-likeness (QED) is 0.478. The maximum absolute atomic E-state index is 13.0. The smallest absolute Gasteiger partial charge is 0.269 e. The third-order valence-electron chi connectivity index (χ3n) is 4.42. The number of fused-ring (bicyclic) bond motifs is 1. The van der Waals surface area contributed by atoms with E-state index in [0.717, 1.165) is 5.56 Å². The third kappa shape index (κ3) is 4.19. The van der Waals surface area contributed by atoms with E-state index in [2.05, 4.69) is 30.8 Å². The molecule has 156 valence electrons. The average Bonchev–Trinajstić information content (AvgIpc) is 3.20. The molecule has 31 heavy (non-hydrogen) atoms. The number of ether oxygens (including phenoxy) is 1. The zero-order valence-electron chi connectivity index (χ0n) is 16.7. The molecule has 10 heteroatoms. The molecule has 1 aromatic carbocycles. The number of methoxy groups -OCH3 is 1. The van der Waals surface area contributed by atoms with Crippen LogP contribution in [0.1, 0.15) is 27.8 Å². The normalized spacial score (nSPS) is 10.6. The van der Waals surface area contributed by atoms with Gasteiger partial charge >= 0.3 is 0 Å². The highest BCUT2D eigenvalue weighted by Gasteiger charge is 2.18. The Morgan fingerprint density at radius 1 is 1.00 bits per heavy atom. The van der Waals surface area contributed by atoms with Crippen LogP contribution < -0.4 is 15.4 Å². The van der Waals surface area contributed by atoms with Gasteiger partial charge in [0.1, 0.15) is 21.8 Å². The maximum atomic E-state index is 13.0. The van der Waals surface area contributed by atoms with Crippen molar-refractivity contribution in [2.75, 3.05) is 19.0 Å². The Kier molecular flexibility index (Phi) is 5.80. The maximum Gasteiger partial charge on any atom is 0.269 e. The van der Waals surface area contributed by atoms with E-state index in [1.807, 2.05) is 31.2 Å². The highest BCUT2D eigenvalue weighted by Crippen LogP contribution is 2.32. The van der Waals surface area contributed by atoms with Crippen LogP contribution in [-0.4, -0.2) is 45.6 Å². The molecule has 0 bridgehead atoms. The van der Waals surface area contributed by atoms with Gasteiger partial charge in [-0.05, 0) is 25.1 Å². The number of para-hydroxylation sites is 1. The number of anilines is 1. The SMILES string of the molecule is CCNC(=O)c1ccc2nc(NC(=O)c3cnncc3-c3ccccc3OC)sc2n1. The molecular weight excluding hydrogens is 416 g/mol. The summed E-state index contributed by atoms with van der Waals surface area (Å²) in [6.07, 6.45) is 2.92. The van der Waals surface area contributed by atoms with Crippen LogP contribution >= 0.6 is 11.3 Å². The van der Waals surface area contributed by atoms with E-state index in [1.165, 1.54) is 23.7 Å². The van der Waals surface area contributed by atoms with Gasteiger partial charge in [-0.1, -0.05) is 29.5 Å². The van der Waals surface area contributed by atoms with E-state index in [-0.39, 0.29) is 11.8 Å². The van der Waals surface area contributed by atoms with E-state index in [1.54, 1.807) is 19.2 Å². The van der Waals surface area contributed by atoms with E-state index in [9.17, 15) is 9.59 Å². The summed E-state index contributed by atoms with van der Waals surface area (Å²) in [5.74, 6) is -0.0295. The van der Waals surface area contributed by atoms with E-state index >= 15 is 0 Å². The molecule has 0 radical (unpaired) electrons. The highest BCUT2D eigenvalue weighted by atomic mass is 32.1. The van der Waals surface area contributed by atoms with Crippen molar-refractivity contribution >= 4 is 38.6 Å². The summed E-state index contributed by atoms with van der Waals surface area (Å²) in [7, 11) is 1.57. The number of amides is 2. The summed E-state index contributed by atoms with van der Waals surface area (Å²) >= 11 is 1.18. The zero-order chi connectivity index (χ0) is 21.8. The first-order valence-electron chi connectivity index (χ1n) is 9.42. The van der Waals surface area contributed by atoms with Gasteiger partial charge in [0.25, 0.3) is 11.8 Å². The molecule has 9 nitrogen and oxygen atoms in total. The Balaban J connectivity index is 1.63. The van der Waals surface area contributed by atoms with Gasteiger partial charge in [0.15, 0.2) is 5.13 Å². The Morgan fingerprint density at radius 2 is 1.81 bits per heavy atom. The fourth-order valence-electron chi connectivity index (χ4n) is 3.00. The van der Waals surface area contributed by atoms with Crippen LogP contribution in [0.25, 0.3) is 21.5 Å². The van der Waals surface area contributed by atoms with Gasteiger partial charge in [-0.25, -0.2) is 9.97 Å². The van der Waals surface area contributed by atoms with Crippen LogP contribution in [0.5, 0.6) is 5.75 Å². The Labute approximate surface area is 181 Å². The van der Waals surface area contributed by atoms with Gasteiger partial charge in [0.2, 0.25) is 0 Å². The number of hydrogen-bond donors (Lipinski definition) is 2. The van der Waals surface area contributed by atoms with Crippen molar-refractivity contribution < 1.29 is 14.3 Å². The predicted molar refractivity (Wildman–Crippen MR) is 117 cm³/mol. The summed E-state index contributed by atoms with van der Waals surface area (Å²) in [6, 6.07) is 10.7. The lowest BCUT2D eigenvalue weighted by Gasteiger charge is -2.11. The van der Waals surface area contributed by atoms with Gasteiger partial charge < -0.3 is 10.1 Å². The van der Waals surface area contributed by atoms with Crippen LogP contribution in [0.4, 0.5) is 5.13 Å². The molecule has 0 saturated carbocycles. The second kappa shape index (κ2) is 8.84. The molecule has 0 atom stereocenters. The fraction of sp³-hybridized carbons (Fsp3) is 0.143. The first kappa shape index (κ1) is 20.4. The number of nitrogens with one attached hydrogen (secondary N) is 2. The summed E-state index contributed by atoms with van der Waals surface area (Å²) < 4.78 is 5.41. The standard InChI is InChI=1S/C21H18N6O3S/c1-3-22-19(29)15-8-9-16-20(25-15)31-21(26-16)27-18(28)14-11-24-23-10-13(14)12-6-4-5-7-17(12)30-2/h4-11H,3H2,1-2H3,(H,22,29)(H,26,27,28). The number of pyridine rings is 1. The van der Waals surface area contributed by atoms with E-state index < -0.39 is 0 Å². The van der Waals surface area contributed by atoms with Crippen molar-refractivity contribution in [3.05, 3.63) is 60.0 Å². The van der Waals surface area contributed by atoms with Crippen LogP contribution in [0, 0.1) is 0 Å². The topological polar surface area (TPSA) is 119 Å². The number of benzene rings is 1. The number of aromatic nitrogens is 4. The summed E-state index contributed by atoms with van der Waals surface area (Å²) in [5, 5.41) is 13.6. The number of thiazole rings is 1. The average molecular weight is 434 g/mol. The van der Waals surface area contributed by atoms with Gasteiger partial charge in [-0.15, -0.1) is 0 Å². The molecule has 0 aliphatic heterocycles. The summed E-state index contributed by atoms with van der Waals surface area (Å²) in [4.78, 5) is 34.3. The van der Waals surface area contributed by atoms with E-state index in [0.29, 0.717) is 44.6 Å². The van der Waals surface area contributed by atoms with Crippen LogP contribution in [0.3, 0.4) is 0 Å². The highest BCUT2D eigenvalue weighted by molar-refractivity contribution is 7.22. The Morgan fingerprint density at radius 3 is 2.61 bits per heavy atom. The second-order valence-electron chi connectivity index (χ2n) is 6.37. The molecule has 3 aromatic heterocycles. The summed E-state index contributed by atoms with van der Waals surface area (Å²) in [5.41, 5.74) is 2.53. The van der Waals surface area contributed by atoms with Crippen molar-refractivity contribution in [1.82, 2.24) is 25.5 Å². The summed E-state index contributed by atoms with van der Waals surface area (Å²) in [6.45, 7) is 2.35.